The summed E-state index contributed by atoms with van der Waals surface area (Å²) in [5.41, 5.74) is 2.64. The van der Waals surface area contributed by atoms with E-state index in [0.29, 0.717) is 5.56 Å². The van der Waals surface area contributed by atoms with Crippen molar-refractivity contribution in [3.63, 3.8) is 0 Å². The highest BCUT2D eigenvalue weighted by Crippen LogP contribution is 2.22. The first-order valence-corrected chi connectivity index (χ1v) is 8.12. The molecule has 4 heteroatoms. The van der Waals surface area contributed by atoms with Gasteiger partial charge in [-0.1, -0.05) is 36.4 Å². The van der Waals surface area contributed by atoms with Gasteiger partial charge in [-0.15, -0.1) is 0 Å². The number of likely N-dealkylation sites (N-methyl/N-ethyl adjacent to an activating group) is 2. The van der Waals surface area contributed by atoms with E-state index in [9.17, 15) is 4.79 Å². The topological polar surface area (TPSA) is 45.5 Å². The molecule has 0 aliphatic rings. The largest absolute Gasteiger partial charge is 0.464 e. The van der Waals surface area contributed by atoms with Gasteiger partial charge in [-0.25, -0.2) is 0 Å². The molecule has 0 spiro atoms. The molecule has 4 nitrogen and oxygen atoms in total. The molecule has 0 aliphatic heterocycles. The average Bonchev–Trinajstić information content (AvgIpc) is 3.10. The quantitative estimate of drug-likeness (QED) is 0.757. The highest BCUT2D eigenvalue weighted by molar-refractivity contribution is 6.05. The van der Waals surface area contributed by atoms with Crippen LogP contribution in [0.25, 0.3) is 11.0 Å². The molecule has 1 unspecified atom stereocenters. The number of nitrogens with one attached hydrogen (secondary N) is 1. The summed E-state index contributed by atoms with van der Waals surface area (Å²) >= 11 is 0. The van der Waals surface area contributed by atoms with E-state index >= 15 is 0 Å². The zero-order valence-corrected chi connectivity index (χ0v) is 14.0. The van der Waals surface area contributed by atoms with Gasteiger partial charge < -0.3 is 14.6 Å². The highest BCUT2D eigenvalue weighted by Gasteiger charge is 2.22. The molecule has 0 saturated heterocycles. The fourth-order valence-corrected chi connectivity index (χ4v) is 3.00. The van der Waals surface area contributed by atoms with Crippen molar-refractivity contribution in [3.8, 4) is 0 Å². The molecule has 0 radical (unpaired) electrons. The van der Waals surface area contributed by atoms with Gasteiger partial charge in [0.1, 0.15) is 5.58 Å². The number of amides is 1. The van der Waals surface area contributed by atoms with Crippen LogP contribution >= 0.6 is 0 Å². The molecule has 0 aliphatic carbocycles. The first kappa shape index (κ1) is 16.3. The summed E-state index contributed by atoms with van der Waals surface area (Å²) in [6.45, 7) is 0.735. The van der Waals surface area contributed by atoms with Crippen molar-refractivity contribution < 1.29 is 9.21 Å². The number of benzene rings is 2. The third kappa shape index (κ3) is 3.34. The molecule has 1 aromatic heterocycles. The summed E-state index contributed by atoms with van der Waals surface area (Å²) < 4.78 is 5.41. The average molecular weight is 322 g/mol. The molecule has 3 aromatic rings. The summed E-state index contributed by atoms with van der Waals surface area (Å²) in [6, 6.07) is 17.8. The standard InChI is InChI=1S/C20H22N2O2/c1-21-14-16(13-15-7-4-3-5-8-15)22(2)20(23)18-9-6-10-19-17(18)11-12-24-19/h3-12,16,21H,13-14H2,1-2H3. The molecule has 1 heterocycles. The third-order valence-corrected chi connectivity index (χ3v) is 4.35. The summed E-state index contributed by atoms with van der Waals surface area (Å²) in [4.78, 5) is 14.8. The SMILES string of the molecule is CNCC(Cc1ccccc1)N(C)C(=O)c1cccc2occc12. The lowest BCUT2D eigenvalue weighted by Crippen LogP contribution is -2.44. The Kier molecular flexibility index (Phi) is 4.96. The molecule has 1 amide bonds. The van der Waals surface area contributed by atoms with Crippen molar-refractivity contribution >= 4 is 16.9 Å². The number of hydrogen-bond acceptors (Lipinski definition) is 3. The first-order valence-electron chi connectivity index (χ1n) is 8.12. The van der Waals surface area contributed by atoms with Crippen molar-refractivity contribution in [2.45, 2.75) is 12.5 Å². The summed E-state index contributed by atoms with van der Waals surface area (Å²) in [6.07, 6.45) is 2.43. The minimum absolute atomic E-state index is 0.0122. The van der Waals surface area contributed by atoms with Gasteiger partial charge in [0.25, 0.3) is 5.91 Å². The first-order chi connectivity index (χ1) is 11.7. The second-order valence-corrected chi connectivity index (χ2v) is 5.96. The van der Waals surface area contributed by atoms with Gasteiger partial charge >= 0.3 is 0 Å². The fourth-order valence-electron chi connectivity index (χ4n) is 3.00. The Hall–Kier alpha value is -2.59. The normalized spacial score (nSPS) is 12.2. The maximum Gasteiger partial charge on any atom is 0.254 e. The lowest BCUT2D eigenvalue weighted by molar-refractivity contribution is 0.0733. The monoisotopic (exact) mass is 322 g/mol. The molecule has 0 saturated carbocycles. The molecule has 1 atom stereocenters. The maximum absolute atomic E-state index is 13.0. The molecular weight excluding hydrogens is 300 g/mol. The van der Waals surface area contributed by atoms with Crippen LogP contribution in [0, 0.1) is 0 Å². The zero-order valence-electron chi connectivity index (χ0n) is 14.0. The number of carbonyl (C=O) groups is 1. The molecular formula is C20H22N2O2. The minimum atomic E-state index is 0.0122. The van der Waals surface area contributed by atoms with Crippen LogP contribution in [0.15, 0.2) is 65.3 Å². The predicted octanol–water partition coefficient (Wildman–Crippen LogP) is 3.34. The van der Waals surface area contributed by atoms with Crippen LogP contribution in [-0.2, 0) is 6.42 Å². The Balaban J connectivity index is 1.85. The van der Waals surface area contributed by atoms with Gasteiger partial charge in [0.05, 0.1) is 11.8 Å². The zero-order chi connectivity index (χ0) is 16.9. The lowest BCUT2D eigenvalue weighted by Gasteiger charge is -2.28. The van der Waals surface area contributed by atoms with Crippen molar-refractivity contribution in [2.24, 2.45) is 0 Å². The molecule has 24 heavy (non-hydrogen) atoms. The summed E-state index contributed by atoms with van der Waals surface area (Å²) in [5, 5.41) is 4.05. The third-order valence-electron chi connectivity index (χ3n) is 4.35. The van der Waals surface area contributed by atoms with Crippen LogP contribution in [-0.4, -0.2) is 37.5 Å². The predicted molar refractivity (Wildman–Crippen MR) is 96.2 cm³/mol. The molecule has 1 N–H and O–H groups in total. The van der Waals surface area contributed by atoms with Crippen LogP contribution < -0.4 is 5.32 Å². The number of fused-ring (bicyclic) bond motifs is 1. The Labute approximate surface area is 142 Å². The number of carbonyl (C=O) groups excluding carboxylic acids is 1. The van der Waals surface area contributed by atoms with Crippen LogP contribution in [0.2, 0.25) is 0 Å². The van der Waals surface area contributed by atoms with E-state index in [0.717, 1.165) is 23.9 Å². The van der Waals surface area contributed by atoms with Crippen molar-refractivity contribution in [1.29, 1.82) is 0 Å². The van der Waals surface area contributed by atoms with Crippen LogP contribution in [0.1, 0.15) is 15.9 Å². The van der Waals surface area contributed by atoms with E-state index in [2.05, 4.69) is 17.4 Å². The summed E-state index contributed by atoms with van der Waals surface area (Å²) in [5.74, 6) is 0.0122. The van der Waals surface area contributed by atoms with Crippen LogP contribution in [0.5, 0.6) is 0 Å². The maximum atomic E-state index is 13.0. The van der Waals surface area contributed by atoms with Gasteiger partial charge in [-0.05, 0) is 37.2 Å². The number of furan rings is 1. The van der Waals surface area contributed by atoms with Crippen LogP contribution in [0.3, 0.4) is 0 Å². The molecule has 3 rings (SSSR count). The van der Waals surface area contributed by atoms with Gasteiger partial charge in [0.2, 0.25) is 0 Å². The van der Waals surface area contributed by atoms with Crippen molar-refractivity contribution in [3.05, 3.63) is 72.0 Å². The Bertz CT molecular complexity index is 811. The fraction of sp³-hybridized carbons (Fsp3) is 0.250. The van der Waals surface area contributed by atoms with E-state index in [1.807, 2.05) is 61.5 Å². The van der Waals surface area contributed by atoms with Gasteiger partial charge in [-0.2, -0.15) is 0 Å². The van der Waals surface area contributed by atoms with E-state index in [4.69, 9.17) is 4.42 Å². The van der Waals surface area contributed by atoms with E-state index < -0.39 is 0 Å². The Morgan fingerprint density at radius 1 is 1.12 bits per heavy atom. The number of hydrogen-bond donors (Lipinski definition) is 1. The number of nitrogens with zero attached hydrogens (tertiary/aromatic N) is 1. The molecule has 0 bridgehead atoms. The second-order valence-electron chi connectivity index (χ2n) is 5.96. The van der Waals surface area contributed by atoms with E-state index in [1.165, 1.54) is 5.56 Å². The van der Waals surface area contributed by atoms with E-state index in [1.54, 1.807) is 6.26 Å². The van der Waals surface area contributed by atoms with Gasteiger partial charge in [0, 0.05) is 25.0 Å². The van der Waals surface area contributed by atoms with Crippen molar-refractivity contribution in [2.75, 3.05) is 20.6 Å². The van der Waals surface area contributed by atoms with Gasteiger partial charge in [0.15, 0.2) is 0 Å². The molecule has 2 aromatic carbocycles. The second kappa shape index (κ2) is 7.32. The van der Waals surface area contributed by atoms with Crippen LogP contribution in [0.4, 0.5) is 0 Å². The Morgan fingerprint density at radius 3 is 2.67 bits per heavy atom. The van der Waals surface area contributed by atoms with Gasteiger partial charge in [-0.3, -0.25) is 4.79 Å². The molecule has 124 valence electrons. The smallest absolute Gasteiger partial charge is 0.254 e. The number of rotatable bonds is 6. The molecule has 0 fully saturated rings. The Morgan fingerprint density at radius 2 is 1.92 bits per heavy atom. The summed E-state index contributed by atoms with van der Waals surface area (Å²) in [7, 11) is 3.78. The minimum Gasteiger partial charge on any atom is -0.464 e. The van der Waals surface area contributed by atoms with E-state index in [-0.39, 0.29) is 11.9 Å². The highest BCUT2D eigenvalue weighted by atomic mass is 16.3. The van der Waals surface area contributed by atoms with Crippen molar-refractivity contribution in [1.82, 2.24) is 10.2 Å². The lowest BCUT2D eigenvalue weighted by atomic mass is 10.0.